The van der Waals surface area contributed by atoms with E-state index in [0.717, 1.165) is 43.9 Å². The number of piperidine rings is 1. The molecule has 3 N–H and O–H groups in total. The van der Waals surface area contributed by atoms with Crippen molar-refractivity contribution in [2.24, 2.45) is 0 Å². The maximum atomic E-state index is 11.7. The monoisotopic (exact) mass is 340 g/mol. The minimum absolute atomic E-state index is 0.252. The average Bonchev–Trinajstić information content (AvgIpc) is 3.03. The molecule has 3 heterocycles. The minimum Gasteiger partial charge on any atom is -0.508 e. The van der Waals surface area contributed by atoms with Crippen molar-refractivity contribution < 1.29 is 5.11 Å². The zero-order valence-electron chi connectivity index (χ0n) is 13.7. The number of phenols is 1. The Hall–Kier alpha value is -2.87. The van der Waals surface area contributed by atoms with Gasteiger partial charge in [-0.1, -0.05) is 12.1 Å². The molecular formula is C17H20N6O2. The number of nitrogens with one attached hydrogen (secondary N) is 2. The predicted molar refractivity (Wildman–Crippen MR) is 93.8 cm³/mol. The lowest BCUT2D eigenvalue weighted by Gasteiger charge is -2.34. The molecule has 0 radical (unpaired) electrons. The standard InChI is InChI=1S/C17H20N6O2/c24-14-5-3-12(4-6-14)10-19-13-2-1-8-22(11-13)15-16-20-21-17(25)23(16)9-7-18-15/h3-7,9,13,19,24H,1-2,8,10-11H2,(H,21,25). The smallest absolute Gasteiger partial charge is 0.347 e. The van der Waals surface area contributed by atoms with E-state index in [2.05, 4.69) is 25.4 Å². The number of aromatic amines is 1. The van der Waals surface area contributed by atoms with Crippen molar-refractivity contribution in [3.8, 4) is 5.75 Å². The van der Waals surface area contributed by atoms with Gasteiger partial charge in [-0.2, -0.15) is 0 Å². The molecule has 2 aromatic heterocycles. The van der Waals surface area contributed by atoms with E-state index in [1.54, 1.807) is 24.5 Å². The van der Waals surface area contributed by atoms with E-state index >= 15 is 0 Å². The molecule has 8 nitrogen and oxygen atoms in total. The van der Waals surface area contributed by atoms with Gasteiger partial charge < -0.3 is 15.3 Å². The van der Waals surface area contributed by atoms with Crippen molar-refractivity contribution in [2.75, 3.05) is 18.0 Å². The van der Waals surface area contributed by atoms with Gasteiger partial charge >= 0.3 is 5.69 Å². The Kier molecular flexibility index (Phi) is 4.10. The van der Waals surface area contributed by atoms with Gasteiger partial charge in [-0.15, -0.1) is 5.10 Å². The molecule has 1 aliphatic rings. The van der Waals surface area contributed by atoms with Gasteiger partial charge in [0, 0.05) is 38.1 Å². The summed E-state index contributed by atoms with van der Waals surface area (Å²) in [7, 11) is 0. The topological polar surface area (TPSA) is 98.5 Å². The zero-order chi connectivity index (χ0) is 17.2. The van der Waals surface area contributed by atoms with Crippen LogP contribution in [0.3, 0.4) is 0 Å². The van der Waals surface area contributed by atoms with Crippen LogP contribution in [0.5, 0.6) is 5.75 Å². The highest BCUT2D eigenvalue weighted by atomic mass is 16.3. The first kappa shape index (κ1) is 15.6. The van der Waals surface area contributed by atoms with E-state index in [0.29, 0.717) is 11.7 Å². The summed E-state index contributed by atoms with van der Waals surface area (Å²) in [5, 5.41) is 19.5. The van der Waals surface area contributed by atoms with Crippen molar-refractivity contribution in [1.82, 2.24) is 24.9 Å². The van der Waals surface area contributed by atoms with E-state index in [-0.39, 0.29) is 11.4 Å². The van der Waals surface area contributed by atoms with Crippen molar-refractivity contribution in [1.29, 1.82) is 0 Å². The van der Waals surface area contributed by atoms with E-state index in [1.165, 1.54) is 4.40 Å². The third-order valence-electron chi connectivity index (χ3n) is 4.57. The summed E-state index contributed by atoms with van der Waals surface area (Å²) in [5.41, 5.74) is 1.44. The van der Waals surface area contributed by atoms with Gasteiger partial charge in [-0.3, -0.25) is 0 Å². The maximum Gasteiger partial charge on any atom is 0.347 e. The molecule has 1 aromatic carbocycles. The van der Waals surface area contributed by atoms with Crippen molar-refractivity contribution >= 4 is 11.5 Å². The highest BCUT2D eigenvalue weighted by Gasteiger charge is 2.23. The van der Waals surface area contributed by atoms with Gasteiger partial charge in [0.05, 0.1) is 0 Å². The zero-order valence-corrected chi connectivity index (χ0v) is 13.7. The molecule has 1 aliphatic heterocycles. The Morgan fingerprint density at radius 2 is 2.16 bits per heavy atom. The summed E-state index contributed by atoms with van der Waals surface area (Å²) >= 11 is 0. The normalized spacial score (nSPS) is 17.9. The SMILES string of the molecule is O=c1[nH]nc2c(N3CCCC(NCc4ccc(O)cc4)C3)nccn12. The van der Waals surface area contributed by atoms with Crippen LogP contribution < -0.4 is 15.9 Å². The lowest BCUT2D eigenvalue weighted by Crippen LogP contribution is -2.46. The van der Waals surface area contributed by atoms with E-state index in [9.17, 15) is 9.90 Å². The first-order valence-corrected chi connectivity index (χ1v) is 8.39. The number of anilines is 1. The van der Waals surface area contributed by atoms with Gasteiger partial charge in [0.25, 0.3) is 0 Å². The third kappa shape index (κ3) is 3.20. The summed E-state index contributed by atoms with van der Waals surface area (Å²) < 4.78 is 1.48. The van der Waals surface area contributed by atoms with Crippen LogP contribution in [0.15, 0.2) is 41.5 Å². The van der Waals surface area contributed by atoms with Crippen LogP contribution in [0.4, 0.5) is 5.82 Å². The molecule has 0 aliphatic carbocycles. The van der Waals surface area contributed by atoms with Crippen LogP contribution in [0.1, 0.15) is 18.4 Å². The Labute approximate surface area is 144 Å². The van der Waals surface area contributed by atoms with Crippen molar-refractivity contribution in [3.05, 3.63) is 52.7 Å². The number of rotatable bonds is 4. The van der Waals surface area contributed by atoms with Crippen molar-refractivity contribution in [3.63, 3.8) is 0 Å². The highest BCUT2D eigenvalue weighted by Crippen LogP contribution is 2.21. The molecule has 1 atom stereocenters. The van der Waals surface area contributed by atoms with E-state index in [1.807, 2.05) is 12.1 Å². The minimum atomic E-state index is -0.252. The Morgan fingerprint density at radius 3 is 3.00 bits per heavy atom. The molecule has 0 bridgehead atoms. The molecule has 25 heavy (non-hydrogen) atoms. The van der Waals surface area contributed by atoms with Gasteiger partial charge in [0.2, 0.25) is 5.65 Å². The van der Waals surface area contributed by atoms with Gasteiger partial charge in [0.15, 0.2) is 5.82 Å². The maximum absolute atomic E-state index is 11.7. The van der Waals surface area contributed by atoms with E-state index < -0.39 is 0 Å². The Bertz CT molecular complexity index is 917. The number of aromatic nitrogens is 4. The number of nitrogens with zero attached hydrogens (tertiary/aromatic N) is 4. The molecule has 1 fully saturated rings. The number of hydrogen-bond donors (Lipinski definition) is 3. The fraction of sp³-hybridized carbons (Fsp3) is 0.353. The number of hydrogen-bond acceptors (Lipinski definition) is 6. The molecule has 1 saturated heterocycles. The summed E-state index contributed by atoms with van der Waals surface area (Å²) in [4.78, 5) is 18.3. The fourth-order valence-electron chi connectivity index (χ4n) is 3.26. The summed E-state index contributed by atoms with van der Waals surface area (Å²) in [6.45, 7) is 2.45. The van der Waals surface area contributed by atoms with Crippen LogP contribution in [-0.2, 0) is 6.54 Å². The molecule has 130 valence electrons. The molecule has 0 amide bonds. The van der Waals surface area contributed by atoms with Crippen LogP contribution in [0.25, 0.3) is 5.65 Å². The second-order valence-electron chi connectivity index (χ2n) is 6.31. The molecule has 3 aromatic rings. The second-order valence-corrected chi connectivity index (χ2v) is 6.31. The highest BCUT2D eigenvalue weighted by molar-refractivity contribution is 5.63. The first-order chi connectivity index (χ1) is 12.2. The van der Waals surface area contributed by atoms with Crippen LogP contribution >= 0.6 is 0 Å². The number of fused-ring (bicyclic) bond motifs is 1. The molecule has 0 saturated carbocycles. The van der Waals surface area contributed by atoms with Gasteiger partial charge in [-0.25, -0.2) is 19.3 Å². The first-order valence-electron chi connectivity index (χ1n) is 8.39. The third-order valence-corrected chi connectivity index (χ3v) is 4.57. The van der Waals surface area contributed by atoms with Crippen LogP contribution in [-0.4, -0.2) is 43.8 Å². The van der Waals surface area contributed by atoms with Crippen LogP contribution in [0, 0.1) is 0 Å². The van der Waals surface area contributed by atoms with Gasteiger partial charge in [-0.05, 0) is 30.5 Å². The molecular weight excluding hydrogens is 320 g/mol. The molecule has 1 unspecified atom stereocenters. The van der Waals surface area contributed by atoms with E-state index in [4.69, 9.17) is 0 Å². The molecule has 0 spiro atoms. The van der Waals surface area contributed by atoms with Crippen molar-refractivity contribution in [2.45, 2.75) is 25.4 Å². The largest absolute Gasteiger partial charge is 0.508 e. The summed E-state index contributed by atoms with van der Waals surface area (Å²) in [6, 6.07) is 7.56. The lowest BCUT2D eigenvalue weighted by molar-refractivity contribution is 0.420. The number of benzene rings is 1. The number of phenolic OH excluding ortho intramolecular Hbond substituents is 1. The van der Waals surface area contributed by atoms with Gasteiger partial charge in [0.1, 0.15) is 5.75 Å². The fourth-order valence-corrected chi connectivity index (χ4v) is 3.26. The summed E-state index contributed by atoms with van der Waals surface area (Å²) in [6.07, 6.45) is 5.39. The predicted octanol–water partition coefficient (Wildman–Crippen LogP) is 0.882. The number of H-pyrrole nitrogens is 1. The lowest BCUT2D eigenvalue weighted by atomic mass is 10.1. The summed E-state index contributed by atoms with van der Waals surface area (Å²) in [5.74, 6) is 1.01. The Balaban J connectivity index is 1.47. The molecule has 8 heteroatoms. The average molecular weight is 340 g/mol. The molecule has 4 rings (SSSR count). The Morgan fingerprint density at radius 1 is 1.32 bits per heavy atom. The second kappa shape index (κ2) is 6.56. The number of aromatic hydroxyl groups is 1. The van der Waals surface area contributed by atoms with Crippen LogP contribution in [0.2, 0.25) is 0 Å². The quantitative estimate of drug-likeness (QED) is 0.652.